The molecule has 1 aromatic rings. The Morgan fingerprint density at radius 3 is 1.52 bits per heavy atom. The Morgan fingerprint density at radius 2 is 1.21 bits per heavy atom. The van der Waals surface area contributed by atoms with Gasteiger partial charge in [-0.3, -0.25) is 9.98 Å². The number of hydrogen-bond donors (Lipinski definition) is 0. The van der Waals surface area contributed by atoms with Gasteiger partial charge in [-0.15, -0.1) is 11.8 Å². The molecule has 0 fully saturated rings. The number of benzene rings is 1. The predicted molar refractivity (Wildman–Crippen MR) is 133 cm³/mol. The Labute approximate surface area is 183 Å². The standard InChI is InChI=1S/C24H42N4S/c1-23(2,3)21-15-19(17-25-11-13-27(7)8)22(29-24(4,5)6)20(16-21)18-26-12-14-28(9)10/h15-18H,11-14H2,1-10H3. The highest BCUT2D eigenvalue weighted by Gasteiger charge is 2.21. The van der Waals surface area contributed by atoms with Crippen molar-refractivity contribution in [2.24, 2.45) is 9.98 Å². The molecule has 0 radical (unpaired) electrons. The van der Waals surface area contributed by atoms with Crippen LogP contribution in [-0.2, 0) is 5.41 Å². The van der Waals surface area contributed by atoms with Crippen molar-refractivity contribution in [1.29, 1.82) is 0 Å². The van der Waals surface area contributed by atoms with Gasteiger partial charge in [0, 0.05) is 46.3 Å². The van der Waals surface area contributed by atoms with Gasteiger partial charge in [0.05, 0.1) is 13.1 Å². The minimum Gasteiger partial charge on any atom is -0.308 e. The van der Waals surface area contributed by atoms with Crippen molar-refractivity contribution in [2.45, 2.75) is 56.6 Å². The van der Waals surface area contributed by atoms with E-state index in [0.717, 1.165) is 26.2 Å². The average Bonchev–Trinajstić information content (AvgIpc) is 2.54. The van der Waals surface area contributed by atoms with Crippen molar-refractivity contribution in [3.63, 3.8) is 0 Å². The molecule has 0 aliphatic heterocycles. The molecule has 1 aromatic carbocycles. The van der Waals surface area contributed by atoms with Gasteiger partial charge in [0.2, 0.25) is 0 Å². The maximum absolute atomic E-state index is 4.73. The molecule has 0 N–H and O–H groups in total. The fraction of sp³-hybridized carbons (Fsp3) is 0.667. The summed E-state index contributed by atoms with van der Waals surface area (Å²) in [5, 5.41) is 0. The number of thioether (sulfide) groups is 1. The minimum atomic E-state index is 0.0728. The van der Waals surface area contributed by atoms with Crippen LogP contribution in [0.2, 0.25) is 0 Å². The lowest BCUT2D eigenvalue weighted by Crippen LogP contribution is -2.17. The topological polar surface area (TPSA) is 31.2 Å². The third-order valence-electron chi connectivity index (χ3n) is 4.23. The maximum Gasteiger partial charge on any atom is 0.0516 e. The monoisotopic (exact) mass is 418 g/mol. The molecule has 0 unspecified atom stereocenters. The first kappa shape index (κ1) is 25.9. The second-order valence-electron chi connectivity index (χ2n) is 10.1. The molecule has 0 heterocycles. The van der Waals surface area contributed by atoms with E-state index in [0.29, 0.717) is 0 Å². The van der Waals surface area contributed by atoms with Crippen LogP contribution in [0.25, 0.3) is 0 Å². The number of rotatable bonds is 9. The summed E-state index contributed by atoms with van der Waals surface area (Å²) >= 11 is 1.90. The largest absolute Gasteiger partial charge is 0.308 e. The van der Waals surface area contributed by atoms with Crippen LogP contribution >= 0.6 is 11.8 Å². The van der Waals surface area contributed by atoms with Gasteiger partial charge in [0.1, 0.15) is 0 Å². The lowest BCUT2D eigenvalue weighted by Gasteiger charge is -2.25. The quantitative estimate of drug-likeness (QED) is 0.425. The molecule has 0 spiro atoms. The molecule has 0 saturated carbocycles. The molecular weight excluding hydrogens is 376 g/mol. The van der Waals surface area contributed by atoms with Gasteiger partial charge in [0.25, 0.3) is 0 Å². The Balaban J connectivity index is 3.41. The van der Waals surface area contributed by atoms with Crippen molar-refractivity contribution in [3.05, 3.63) is 28.8 Å². The lowest BCUT2D eigenvalue weighted by atomic mass is 9.85. The molecule has 4 nitrogen and oxygen atoms in total. The molecule has 0 saturated heterocycles. The summed E-state index contributed by atoms with van der Waals surface area (Å²) in [5.74, 6) is 0. The van der Waals surface area contributed by atoms with Gasteiger partial charge < -0.3 is 9.80 Å². The Hall–Kier alpha value is -1.17. The zero-order valence-electron chi connectivity index (χ0n) is 20.3. The fourth-order valence-electron chi connectivity index (χ4n) is 2.56. The first-order valence-electron chi connectivity index (χ1n) is 10.5. The summed E-state index contributed by atoms with van der Waals surface area (Å²) in [5.41, 5.74) is 3.79. The van der Waals surface area contributed by atoms with Crippen LogP contribution in [0.4, 0.5) is 0 Å². The highest BCUT2D eigenvalue weighted by Crippen LogP contribution is 2.38. The van der Waals surface area contributed by atoms with E-state index >= 15 is 0 Å². The smallest absolute Gasteiger partial charge is 0.0516 e. The van der Waals surface area contributed by atoms with E-state index in [9.17, 15) is 0 Å². The first-order chi connectivity index (χ1) is 13.3. The summed E-state index contributed by atoms with van der Waals surface area (Å²) in [6.07, 6.45) is 4.12. The van der Waals surface area contributed by atoms with Crippen LogP contribution in [0.5, 0.6) is 0 Å². The van der Waals surface area contributed by atoms with Crippen LogP contribution < -0.4 is 0 Å². The molecule has 29 heavy (non-hydrogen) atoms. The molecule has 0 aliphatic carbocycles. The Kier molecular flexibility index (Phi) is 10.1. The molecule has 164 valence electrons. The molecule has 0 aliphatic rings. The van der Waals surface area contributed by atoms with Crippen molar-refractivity contribution in [2.75, 3.05) is 54.4 Å². The second kappa shape index (κ2) is 11.3. The van der Waals surface area contributed by atoms with Gasteiger partial charge in [-0.1, -0.05) is 41.5 Å². The lowest BCUT2D eigenvalue weighted by molar-refractivity contribution is 0.421. The van der Waals surface area contributed by atoms with Crippen LogP contribution in [0.1, 0.15) is 58.2 Å². The number of nitrogens with zero attached hydrogens (tertiary/aromatic N) is 4. The molecule has 0 amide bonds. The van der Waals surface area contributed by atoms with E-state index in [1.54, 1.807) is 0 Å². The van der Waals surface area contributed by atoms with Gasteiger partial charge in [-0.25, -0.2) is 0 Å². The van der Waals surface area contributed by atoms with Crippen molar-refractivity contribution in [1.82, 2.24) is 9.80 Å². The molecule has 5 heteroatoms. The van der Waals surface area contributed by atoms with Crippen LogP contribution in [0, 0.1) is 0 Å². The van der Waals surface area contributed by atoms with E-state index < -0.39 is 0 Å². The van der Waals surface area contributed by atoms with Crippen LogP contribution in [0.15, 0.2) is 27.0 Å². The summed E-state index contributed by atoms with van der Waals surface area (Å²) < 4.78 is 0.113. The Bertz CT molecular complexity index is 649. The second-order valence-corrected chi connectivity index (χ2v) is 12.0. The van der Waals surface area contributed by atoms with E-state index in [2.05, 4.69) is 104 Å². The predicted octanol–water partition coefficient (Wildman–Crippen LogP) is 4.84. The zero-order valence-corrected chi connectivity index (χ0v) is 21.2. The molecular formula is C24H42N4S. The highest BCUT2D eigenvalue weighted by atomic mass is 32.2. The van der Waals surface area contributed by atoms with E-state index in [-0.39, 0.29) is 10.2 Å². The summed E-state index contributed by atoms with van der Waals surface area (Å²) in [7, 11) is 8.33. The fourth-order valence-corrected chi connectivity index (χ4v) is 3.64. The molecule has 0 aromatic heterocycles. The van der Waals surface area contributed by atoms with Crippen LogP contribution in [-0.4, -0.2) is 81.3 Å². The Morgan fingerprint density at radius 1 is 0.793 bits per heavy atom. The van der Waals surface area contributed by atoms with Crippen molar-refractivity contribution >= 4 is 24.2 Å². The van der Waals surface area contributed by atoms with E-state index in [1.807, 2.05) is 11.8 Å². The first-order valence-corrected chi connectivity index (χ1v) is 11.3. The third-order valence-corrected chi connectivity index (χ3v) is 5.52. The number of aliphatic imine (C=N–C) groups is 2. The van der Waals surface area contributed by atoms with Gasteiger partial charge in [-0.2, -0.15) is 0 Å². The van der Waals surface area contributed by atoms with Gasteiger partial charge >= 0.3 is 0 Å². The SMILES string of the molecule is CN(C)CCN=Cc1cc(C(C)(C)C)cc(C=NCCN(C)C)c1SC(C)(C)C. The zero-order chi connectivity index (χ0) is 22.2. The number of likely N-dealkylation sites (N-methyl/N-ethyl adjacent to an activating group) is 2. The van der Waals surface area contributed by atoms with Crippen molar-refractivity contribution < 1.29 is 0 Å². The normalized spacial score (nSPS) is 13.5. The van der Waals surface area contributed by atoms with Gasteiger partial charge in [-0.05, 0) is 51.3 Å². The highest BCUT2D eigenvalue weighted by molar-refractivity contribution is 8.00. The van der Waals surface area contributed by atoms with E-state index in [4.69, 9.17) is 9.98 Å². The summed E-state index contributed by atoms with van der Waals surface area (Å²) in [4.78, 5) is 15.0. The molecule has 1 rings (SSSR count). The molecule has 0 atom stereocenters. The average molecular weight is 419 g/mol. The summed E-state index contributed by atoms with van der Waals surface area (Å²) in [6, 6.07) is 4.62. The maximum atomic E-state index is 4.73. The molecule has 0 bridgehead atoms. The van der Waals surface area contributed by atoms with Gasteiger partial charge in [0.15, 0.2) is 0 Å². The van der Waals surface area contributed by atoms with E-state index in [1.165, 1.54) is 21.6 Å². The third kappa shape index (κ3) is 10.4. The van der Waals surface area contributed by atoms with Crippen molar-refractivity contribution in [3.8, 4) is 0 Å². The minimum absolute atomic E-state index is 0.0728. The summed E-state index contributed by atoms with van der Waals surface area (Å²) in [6.45, 7) is 17.1. The van der Waals surface area contributed by atoms with Crippen LogP contribution in [0.3, 0.4) is 0 Å². The number of hydrogen-bond acceptors (Lipinski definition) is 5.